The van der Waals surface area contributed by atoms with Crippen molar-refractivity contribution in [2.45, 2.75) is 20.4 Å². The van der Waals surface area contributed by atoms with Crippen LogP contribution in [-0.4, -0.2) is 20.4 Å². The molecule has 0 atom stereocenters. The van der Waals surface area contributed by atoms with E-state index in [9.17, 15) is 9.90 Å². The quantitative estimate of drug-likeness (QED) is 0.754. The first-order valence-corrected chi connectivity index (χ1v) is 7.81. The number of hydrogen-bond donors (Lipinski definition) is 1. The zero-order valence-corrected chi connectivity index (χ0v) is 13.1. The fourth-order valence-corrected chi connectivity index (χ4v) is 3.05. The van der Waals surface area contributed by atoms with Gasteiger partial charge in [0, 0.05) is 23.5 Å². The highest BCUT2D eigenvalue weighted by Crippen LogP contribution is 2.27. The summed E-state index contributed by atoms with van der Waals surface area (Å²) in [5.74, 6) is -0.0249. The molecular weight excluding hydrogens is 298 g/mol. The van der Waals surface area contributed by atoms with Gasteiger partial charge in [-0.2, -0.15) is 0 Å². The van der Waals surface area contributed by atoms with Crippen molar-refractivity contribution in [1.29, 1.82) is 0 Å². The molecular formula is C16H15N3O2S. The summed E-state index contributed by atoms with van der Waals surface area (Å²) in [5.41, 5.74) is 1.18. The lowest BCUT2D eigenvalue weighted by Gasteiger charge is -2.13. The van der Waals surface area contributed by atoms with Crippen LogP contribution < -0.4 is 5.56 Å². The molecule has 0 fully saturated rings. The number of fused-ring (bicyclic) bond motifs is 1. The fourth-order valence-electron chi connectivity index (χ4n) is 2.50. The molecule has 112 valence electrons. The molecule has 0 radical (unpaired) electrons. The normalized spacial score (nSPS) is 12.0. The third-order valence-electron chi connectivity index (χ3n) is 3.51. The van der Waals surface area contributed by atoms with Gasteiger partial charge in [0.25, 0.3) is 5.56 Å². The van der Waals surface area contributed by atoms with Crippen LogP contribution in [0.15, 0.2) is 45.6 Å². The Labute approximate surface area is 131 Å². The van der Waals surface area contributed by atoms with E-state index in [1.54, 1.807) is 23.8 Å². The summed E-state index contributed by atoms with van der Waals surface area (Å²) >= 11 is 1.38. The van der Waals surface area contributed by atoms with E-state index in [1.807, 2.05) is 30.5 Å². The van der Waals surface area contributed by atoms with Crippen molar-refractivity contribution in [3.8, 4) is 5.75 Å². The van der Waals surface area contributed by atoms with Crippen LogP contribution in [0.2, 0.25) is 0 Å². The Morgan fingerprint density at radius 1 is 1.41 bits per heavy atom. The molecule has 0 saturated carbocycles. The maximum Gasteiger partial charge on any atom is 0.263 e. The Morgan fingerprint density at radius 3 is 2.86 bits per heavy atom. The summed E-state index contributed by atoms with van der Waals surface area (Å²) in [4.78, 5) is 21.1. The zero-order valence-electron chi connectivity index (χ0n) is 12.3. The van der Waals surface area contributed by atoms with Gasteiger partial charge >= 0.3 is 0 Å². The van der Waals surface area contributed by atoms with Gasteiger partial charge < -0.3 is 9.67 Å². The van der Waals surface area contributed by atoms with E-state index in [-0.39, 0.29) is 16.9 Å². The summed E-state index contributed by atoms with van der Waals surface area (Å²) in [6.45, 7) is 4.14. The van der Waals surface area contributed by atoms with Gasteiger partial charge in [-0.05, 0) is 26.0 Å². The molecule has 0 aliphatic heterocycles. The van der Waals surface area contributed by atoms with E-state index in [4.69, 9.17) is 0 Å². The van der Waals surface area contributed by atoms with E-state index in [2.05, 4.69) is 9.98 Å². The third kappa shape index (κ3) is 2.31. The van der Waals surface area contributed by atoms with Gasteiger partial charge in [-0.25, -0.2) is 9.98 Å². The minimum atomic E-state index is -0.239. The number of thiazole rings is 1. The fraction of sp³-hybridized carbons (Fsp3) is 0.188. The first-order chi connectivity index (χ1) is 10.6. The first kappa shape index (κ1) is 14.5. The standard InChI is InChI=1S/C16H15N3O2S/c1-3-19-12-7-5-4-6-11(12)14(20)13(15(19)21)10(2)18-16-17-8-9-22-16/h4-9,20H,3H2,1-2H3/b18-10+. The number of rotatable bonds is 3. The van der Waals surface area contributed by atoms with Crippen molar-refractivity contribution in [2.75, 3.05) is 0 Å². The topological polar surface area (TPSA) is 67.5 Å². The largest absolute Gasteiger partial charge is 0.506 e. The molecule has 1 aromatic carbocycles. The summed E-state index contributed by atoms with van der Waals surface area (Å²) in [5, 5.41) is 13.6. The molecule has 22 heavy (non-hydrogen) atoms. The Hall–Kier alpha value is -2.47. The Balaban J connectivity index is 2.33. The van der Waals surface area contributed by atoms with Crippen molar-refractivity contribution in [2.24, 2.45) is 4.99 Å². The monoisotopic (exact) mass is 313 g/mol. The molecule has 0 bridgehead atoms. The highest BCUT2D eigenvalue weighted by molar-refractivity contribution is 7.13. The lowest BCUT2D eigenvalue weighted by atomic mass is 10.1. The van der Waals surface area contributed by atoms with Crippen LogP contribution in [0.1, 0.15) is 19.4 Å². The molecule has 6 heteroatoms. The van der Waals surface area contributed by atoms with E-state index in [1.165, 1.54) is 11.3 Å². The molecule has 0 spiro atoms. The molecule has 3 aromatic rings. The smallest absolute Gasteiger partial charge is 0.263 e. The van der Waals surface area contributed by atoms with E-state index in [0.29, 0.717) is 22.8 Å². The molecule has 0 aliphatic carbocycles. The van der Waals surface area contributed by atoms with Gasteiger partial charge in [0.2, 0.25) is 5.13 Å². The van der Waals surface area contributed by atoms with Crippen LogP contribution in [0, 0.1) is 0 Å². The highest BCUT2D eigenvalue weighted by Gasteiger charge is 2.17. The predicted octanol–water partition coefficient (Wildman–Crippen LogP) is 3.32. The van der Waals surface area contributed by atoms with Crippen molar-refractivity contribution < 1.29 is 5.11 Å². The van der Waals surface area contributed by atoms with Crippen molar-refractivity contribution >= 4 is 33.1 Å². The number of nitrogens with zero attached hydrogens (tertiary/aromatic N) is 3. The van der Waals surface area contributed by atoms with Crippen molar-refractivity contribution in [1.82, 2.24) is 9.55 Å². The van der Waals surface area contributed by atoms with Crippen LogP contribution in [0.3, 0.4) is 0 Å². The summed E-state index contributed by atoms with van der Waals surface area (Å²) in [6.07, 6.45) is 1.65. The number of aliphatic imine (C=N–C) groups is 1. The number of aryl methyl sites for hydroxylation is 1. The molecule has 0 unspecified atom stereocenters. The first-order valence-electron chi connectivity index (χ1n) is 6.93. The minimum absolute atomic E-state index is 0.0249. The van der Waals surface area contributed by atoms with Gasteiger partial charge in [-0.15, -0.1) is 11.3 Å². The SMILES string of the molecule is CCn1c(=O)c(/C(C)=N/c2nccs2)c(O)c2ccccc21. The van der Waals surface area contributed by atoms with Gasteiger partial charge in [0.05, 0.1) is 11.2 Å². The van der Waals surface area contributed by atoms with Crippen LogP contribution >= 0.6 is 11.3 Å². The Morgan fingerprint density at radius 2 is 2.18 bits per heavy atom. The van der Waals surface area contributed by atoms with E-state index >= 15 is 0 Å². The third-order valence-corrected chi connectivity index (χ3v) is 4.17. The van der Waals surface area contributed by atoms with Crippen LogP contribution in [0.4, 0.5) is 5.13 Å². The maximum absolute atomic E-state index is 12.7. The van der Waals surface area contributed by atoms with Gasteiger partial charge in [0.15, 0.2) is 0 Å². The maximum atomic E-state index is 12.7. The van der Waals surface area contributed by atoms with E-state index < -0.39 is 0 Å². The van der Waals surface area contributed by atoms with Crippen molar-refractivity contribution in [3.05, 3.63) is 51.8 Å². The lowest BCUT2D eigenvalue weighted by molar-refractivity contribution is 0.477. The molecule has 0 amide bonds. The number of aromatic hydroxyl groups is 1. The number of para-hydroxylation sites is 1. The summed E-state index contributed by atoms with van der Waals surface area (Å²) in [6, 6.07) is 7.32. The van der Waals surface area contributed by atoms with Crippen LogP contribution in [0.25, 0.3) is 10.9 Å². The Bertz CT molecular complexity index is 911. The van der Waals surface area contributed by atoms with Gasteiger partial charge in [-0.1, -0.05) is 12.1 Å². The molecule has 2 heterocycles. The Kier molecular flexibility index (Phi) is 3.77. The molecule has 5 nitrogen and oxygen atoms in total. The van der Waals surface area contributed by atoms with Gasteiger partial charge in [-0.3, -0.25) is 4.79 Å². The lowest BCUT2D eigenvalue weighted by Crippen LogP contribution is -2.25. The summed E-state index contributed by atoms with van der Waals surface area (Å²) < 4.78 is 1.64. The second-order valence-corrected chi connectivity index (χ2v) is 5.68. The van der Waals surface area contributed by atoms with Crippen LogP contribution in [-0.2, 0) is 6.54 Å². The molecule has 3 rings (SSSR count). The average molecular weight is 313 g/mol. The average Bonchev–Trinajstić information content (AvgIpc) is 3.01. The number of pyridine rings is 1. The number of hydrogen-bond acceptors (Lipinski definition) is 5. The number of benzene rings is 1. The van der Waals surface area contributed by atoms with Gasteiger partial charge in [0.1, 0.15) is 11.3 Å². The summed E-state index contributed by atoms with van der Waals surface area (Å²) in [7, 11) is 0. The molecule has 2 aromatic heterocycles. The second-order valence-electron chi connectivity index (χ2n) is 4.80. The predicted molar refractivity (Wildman–Crippen MR) is 89.5 cm³/mol. The highest BCUT2D eigenvalue weighted by atomic mass is 32.1. The molecule has 0 saturated heterocycles. The number of aromatic nitrogens is 2. The zero-order chi connectivity index (χ0) is 15.7. The minimum Gasteiger partial charge on any atom is -0.506 e. The van der Waals surface area contributed by atoms with Crippen LogP contribution in [0.5, 0.6) is 5.75 Å². The second kappa shape index (κ2) is 5.73. The molecule has 1 N–H and O–H groups in total. The molecule has 0 aliphatic rings. The van der Waals surface area contributed by atoms with Crippen molar-refractivity contribution in [3.63, 3.8) is 0 Å². The van der Waals surface area contributed by atoms with E-state index in [0.717, 1.165) is 5.52 Å².